The lowest BCUT2D eigenvalue weighted by Crippen LogP contribution is -2.39. The molecule has 1 aliphatic heterocycles. The first-order chi connectivity index (χ1) is 8.41. The predicted octanol–water partition coefficient (Wildman–Crippen LogP) is 1.76. The standard InChI is InChI=1S/C12H21NO3S2/c1-8(14)5-6-9(2)16-11(15)10-4-3-7-13(10)12(17)18/h8-10,14H,3-7H2,1-2H3,(H,17,18). The second-order valence-corrected chi connectivity index (χ2v) is 5.92. The summed E-state index contributed by atoms with van der Waals surface area (Å²) in [7, 11) is 0. The first-order valence-electron chi connectivity index (χ1n) is 6.30. The van der Waals surface area contributed by atoms with Gasteiger partial charge in [0.1, 0.15) is 10.4 Å². The molecule has 0 aromatic carbocycles. The van der Waals surface area contributed by atoms with Gasteiger partial charge < -0.3 is 14.7 Å². The molecule has 6 heteroatoms. The van der Waals surface area contributed by atoms with Crippen LogP contribution < -0.4 is 0 Å². The molecule has 3 unspecified atom stereocenters. The number of thiocarbonyl (C=S) groups is 1. The van der Waals surface area contributed by atoms with Gasteiger partial charge in [-0.3, -0.25) is 0 Å². The third-order valence-corrected chi connectivity index (χ3v) is 3.57. The molecule has 0 aromatic rings. The van der Waals surface area contributed by atoms with Gasteiger partial charge in [-0.2, -0.15) is 0 Å². The van der Waals surface area contributed by atoms with Crippen LogP contribution in [0.3, 0.4) is 0 Å². The van der Waals surface area contributed by atoms with E-state index >= 15 is 0 Å². The summed E-state index contributed by atoms with van der Waals surface area (Å²) >= 11 is 9.12. The van der Waals surface area contributed by atoms with E-state index in [4.69, 9.17) is 17.0 Å². The highest BCUT2D eigenvalue weighted by Crippen LogP contribution is 2.21. The van der Waals surface area contributed by atoms with E-state index < -0.39 is 0 Å². The summed E-state index contributed by atoms with van der Waals surface area (Å²) in [6.07, 6.45) is 2.46. The minimum atomic E-state index is -0.362. The highest BCUT2D eigenvalue weighted by molar-refractivity contribution is 8.10. The van der Waals surface area contributed by atoms with Crippen LogP contribution in [-0.4, -0.2) is 45.1 Å². The Bertz CT molecular complexity index is 310. The van der Waals surface area contributed by atoms with E-state index in [1.807, 2.05) is 11.8 Å². The zero-order valence-electron chi connectivity index (χ0n) is 10.8. The van der Waals surface area contributed by atoms with Crippen LogP contribution in [0.4, 0.5) is 0 Å². The van der Waals surface area contributed by atoms with Crippen molar-refractivity contribution in [1.29, 1.82) is 0 Å². The molecule has 1 heterocycles. The molecule has 1 fully saturated rings. The molecule has 0 saturated carbocycles. The summed E-state index contributed by atoms with van der Waals surface area (Å²) in [4.78, 5) is 13.8. The van der Waals surface area contributed by atoms with Gasteiger partial charge in [0, 0.05) is 6.54 Å². The lowest BCUT2D eigenvalue weighted by molar-refractivity contribution is -0.152. The molecule has 0 aliphatic carbocycles. The normalized spacial score (nSPS) is 22.7. The van der Waals surface area contributed by atoms with E-state index in [0.717, 1.165) is 19.4 Å². The third kappa shape index (κ3) is 4.74. The van der Waals surface area contributed by atoms with Crippen LogP contribution in [0.1, 0.15) is 39.5 Å². The van der Waals surface area contributed by atoms with E-state index in [9.17, 15) is 9.90 Å². The number of carbonyl (C=O) groups is 1. The largest absolute Gasteiger partial charge is 0.461 e. The number of thiol groups is 1. The van der Waals surface area contributed by atoms with Crippen molar-refractivity contribution in [3.05, 3.63) is 0 Å². The van der Waals surface area contributed by atoms with Gasteiger partial charge in [-0.15, -0.1) is 12.6 Å². The Morgan fingerprint density at radius 3 is 2.78 bits per heavy atom. The molecule has 104 valence electrons. The number of carbonyl (C=O) groups excluding carboxylic acids is 1. The molecule has 4 nitrogen and oxygen atoms in total. The van der Waals surface area contributed by atoms with E-state index in [1.165, 1.54) is 0 Å². The molecule has 0 bridgehead atoms. The van der Waals surface area contributed by atoms with Gasteiger partial charge in [0.25, 0.3) is 0 Å². The van der Waals surface area contributed by atoms with Gasteiger partial charge in [-0.25, -0.2) is 4.79 Å². The number of rotatable bonds is 5. The molecule has 1 saturated heterocycles. The zero-order chi connectivity index (χ0) is 13.7. The summed E-state index contributed by atoms with van der Waals surface area (Å²) in [5.41, 5.74) is 0. The topological polar surface area (TPSA) is 49.8 Å². The number of aliphatic hydroxyl groups is 1. The molecule has 0 amide bonds. The van der Waals surface area contributed by atoms with E-state index in [0.29, 0.717) is 17.2 Å². The van der Waals surface area contributed by atoms with Crippen LogP contribution >= 0.6 is 24.8 Å². The highest BCUT2D eigenvalue weighted by Gasteiger charge is 2.33. The number of esters is 1. The first-order valence-corrected chi connectivity index (χ1v) is 7.15. The Hall–Kier alpha value is -0.330. The maximum atomic E-state index is 12.0. The second kappa shape index (κ2) is 7.31. The van der Waals surface area contributed by atoms with Crippen molar-refractivity contribution >= 4 is 35.1 Å². The Morgan fingerprint density at radius 1 is 1.56 bits per heavy atom. The van der Waals surface area contributed by atoms with Gasteiger partial charge in [-0.1, -0.05) is 12.2 Å². The molecular weight excluding hydrogens is 270 g/mol. The fraction of sp³-hybridized carbons (Fsp3) is 0.833. The van der Waals surface area contributed by atoms with Gasteiger partial charge in [0.05, 0.1) is 12.2 Å². The Kier molecular flexibility index (Phi) is 6.38. The minimum Gasteiger partial charge on any atom is -0.461 e. The minimum absolute atomic E-state index is 0.178. The maximum Gasteiger partial charge on any atom is 0.329 e. The lowest BCUT2D eigenvalue weighted by Gasteiger charge is -2.24. The van der Waals surface area contributed by atoms with Crippen LogP contribution in [-0.2, 0) is 9.53 Å². The average molecular weight is 291 g/mol. The van der Waals surface area contributed by atoms with Crippen molar-refractivity contribution in [2.45, 2.75) is 57.8 Å². The van der Waals surface area contributed by atoms with Crippen molar-refractivity contribution in [2.24, 2.45) is 0 Å². The van der Waals surface area contributed by atoms with Crippen molar-refractivity contribution in [2.75, 3.05) is 6.54 Å². The maximum absolute atomic E-state index is 12.0. The Labute approximate surface area is 119 Å². The van der Waals surface area contributed by atoms with Crippen LogP contribution in [0, 0.1) is 0 Å². The van der Waals surface area contributed by atoms with E-state index in [2.05, 4.69) is 12.6 Å². The van der Waals surface area contributed by atoms with Crippen LogP contribution in [0.15, 0.2) is 0 Å². The fourth-order valence-corrected chi connectivity index (χ4v) is 2.51. The summed E-state index contributed by atoms with van der Waals surface area (Å²) < 4.78 is 5.83. The van der Waals surface area contributed by atoms with Crippen molar-refractivity contribution in [1.82, 2.24) is 4.90 Å². The number of hydrogen-bond acceptors (Lipinski definition) is 4. The van der Waals surface area contributed by atoms with Gasteiger partial charge >= 0.3 is 5.97 Å². The zero-order valence-corrected chi connectivity index (χ0v) is 12.5. The molecule has 18 heavy (non-hydrogen) atoms. The first kappa shape index (κ1) is 15.7. The summed E-state index contributed by atoms with van der Waals surface area (Å²) in [6, 6.07) is -0.288. The highest BCUT2D eigenvalue weighted by atomic mass is 32.1. The number of ether oxygens (including phenoxy) is 1. The fourth-order valence-electron chi connectivity index (χ4n) is 2.05. The molecule has 0 spiro atoms. The monoisotopic (exact) mass is 291 g/mol. The Balaban J connectivity index is 2.42. The third-order valence-electron chi connectivity index (χ3n) is 3.08. The molecule has 3 atom stereocenters. The van der Waals surface area contributed by atoms with E-state index in [-0.39, 0.29) is 24.2 Å². The molecule has 1 N–H and O–H groups in total. The summed E-state index contributed by atoms with van der Waals surface area (Å²) in [6.45, 7) is 4.34. The van der Waals surface area contributed by atoms with Crippen molar-refractivity contribution < 1.29 is 14.6 Å². The molecule has 1 aliphatic rings. The molecule has 0 radical (unpaired) electrons. The quantitative estimate of drug-likeness (QED) is 0.459. The number of likely N-dealkylation sites (tertiary alicyclic amines) is 1. The van der Waals surface area contributed by atoms with Crippen molar-refractivity contribution in [3.8, 4) is 0 Å². The summed E-state index contributed by atoms with van der Waals surface area (Å²) in [5, 5.41) is 9.19. The Morgan fingerprint density at radius 2 is 2.22 bits per heavy atom. The van der Waals surface area contributed by atoms with Crippen molar-refractivity contribution in [3.63, 3.8) is 0 Å². The van der Waals surface area contributed by atoms with Crippen LogP contribution in [0.25, 0.3) is 0 Å². The smallest absolute Gasteiger partial charge is 0.329 e. The molecule has 1 rings (SSSR count). The van der Waals surface area contributed by atoms with Crippen LogP contribution in [0.5, 0.6) is 0 Å². The SMILES string of the molecule is CC(O)CCC(C)OC(=O)C1CCCN1C(=S)S. The van der Waals surface area contributed by atoms with Gasteiger partial charge in [-0.05, 0) is 39.5 Å². The predicted molar refractivity (Wildman–Crippen MR) is 77.8 cm³/mol. The molecule has 0 aromatic heterocycles. The van der Waals surface area contributed by atoms with E-state index in [1.54, 1.807) is 6.92 Å². The number of aliphatic hydroxyl groups excluding tert-OH is 1. The summed E-state index contributed by atoms with van der Waals surface area (Å²) in [5.74, 6) is -0.234. The van der Waals surface area contributed by atoms with Crippen LogP contribution in [0.2, 0.25) is 0 Å². The van der Waals surface area contributed by atoms with Gasteiger partial charge in [0.2, 0.25) is 0 Å². The lowest BCUT2D eigenvalue weighted by atomic mass is 10.1. The van der Waals surface area contributed by atoms with Gasteiger partial charge in [0.15, 0.2) is 0 Å². The number of nitrogens with zero attached hydrogens (tertiary/aromatic N) is 1. The second-order valence-electron chi connectivity index (χ2n) is 4.81. The molecular formula is C12H21NO3S2. The average Bonchev–Trinajstić information content (AvgIpc) is 2.75. The number of hydrogen-bond donors (Lipinski definition) is 2.